The normalized spacial score (nSPS) is 14.8. The van der Waals surface area contributed by atoms with Crippen molar-refractivity contribution in [1.82, 2.24) is 20.1 Å². The van der Waals surface area contributed by atoms with Crippen LogP contribution in [0, 0.1) is 11.6 Å². The lowest BCUT2D eigenvalue weighted by molar-refractivity contribution is -0.123. The number of benzene rings is 3. The van der Waals surface area contributed by atoms with Crippen molar-refractivity contribution < 1.29 is 18.4 Å². The van der Waals surface area contributed by atoms with E-state index in [1.54, 1.807) is 47.3 Å². The van der Waals surface area contributed by atoms with Crippen LogP contribution in [-0.2, 0) is 16.1 Å². The second-order valence-corrected chi connectivity index (χ2v) is 10.8. The fourth-order valence-electron chi connectivity index (χ4n) is 4.88. The fraction of sp³-hybridized carbons (Fsp3) is 0.125. The number of hydrogen-bond acceptors (Lipinski definition) is 5. The number of pyridine rings is 1. The van der Waals surface area contributed by atoms with Crippen LogP contribution in [0.15, 0.2) is 103 Å². The van der Waals surface area contributed by atoms with Crippen LogP contribution in [0.2, 0.25) is 0 Å². The molecule has 10 heteroatoms. The van der Waals surface area contributed by atoms with E-state index in [4.69, 9.17) is 5.10 Å². The van der Waals surface area contributed by atoms with Crippen molar-refractivity contribution in [1.29, 1.82) is 0 Å². The molecule has 0 fully saturated rings. The molecule has 0 saturated carbocycles. The Morgan fingerprint density at radius 3 is 2.29 bits per heavy atom. The maximum atomic E-state index is 13.9. The van der Waals surface area contributed by atoms with Crippen LogP contribution in [0.5, 0.6) is 0 Å². The highest BCUT2D eigenvalue weighted by atomic mass is 32.2. The topological polar surface area (TPSA) is 80.1 Å². The van der Waals surface area contributed by atoms with Crippen LogP contribution >= 0.6 is 11.8 Å². The summed E-state index contributed by atoms with van der Waals surface area (Å²) in [6.07, 6.45) is 1.64. The average Bonchev–Trinajstić information content (AvgIpc) is 3.34. The van der Waals surface area contributed by atoms with E-state index in [1.165, 1.54) is 40.9 Å². The van der Waals surface area contributed by atoms with Crippen molar-refractivity contribution in [3.8, 4) is 16.9 Å². The van der Waals surface area contributed by atoms with E-state index in [0.717, 1.165) is 11.1 Å². The molecule has 3 aromatic carbocycles. The molecule has 6 rings (SSSR count). The first kappa shape index (κ1) is 27.3. The van der Waals surface area contributed by atoms with Gasteiger partial charge in [-0.05, 0) is 54.1 Å². The lowest BCUT2D eigenvalue weighted by Gasteiger charge is -2.23. The molecule has 1 aliphatic rings. The molecule has 0 unspecified atom stereocenters. The molecule has 2 amide bonds. The maximum Gasteiger partial charge on any atom is 0.240 e. The van der Waals surface area contributed by atoms with Crippen molar-refractivity contribution in [2.45, 2.75) is 11.8 Å². The number of fused-ring (bicyclic) bond motifs is 1. The van der Waals surface area contributed by atoms with Crippen LogP contribution in [0.1, 0.15) is 22.1 Å². The van der Waals surface area contributed by atoms with Gasteiger partial charge in [-0.25, -0.2) is 13.5 Å². The second kappa shape index (κ2) is 12.0. The van der Waals surface area contributed by atoms with E-state index in [0.29, 0.717) is 28.5 Å². The molecule has 1 aliphatic heterocycles. The number of nitrogens with one attached hydrogen (secondary N) is 1. The number of aromatic nitrogens is 3. The van der Waals surface area contributed by atoms with Crippen molar-refractivity contribution in [2.24, 2.45) is 0 Å². The van der Waals surface area contributed by atoms with Gasteiger partial charge in [0.05, 0.1) is 34.6 Å². The predicted molar refractivity (Wildman–Crippen MR) is 158 cm³/mol. The zero-order valence-electron chi connectivity index (χ0n) is 22.3. The van der Waals surface area contributed by atoms with Gasteiger partial charge in [-0.1, -0.05) is 48.5 Å². The minimum absolute atomic E-state index is 0.0713. The third-order valence-electron chi connectivity index (χ3n) is 6.87. The van der Waals surface area contributed by atoms with Gasteiger partial charge in [0.1, 0.15) is 24.0 Å². The number of carbonyl (C=O) groups is 2. The van der Waals surface area contributed by atoms with Gasteiger partial charge in [0.2, 0.25) is 11.8 Å². The SMILES string of the molecule is O=C(CN1C(=O)CS[C@@H](c2ccc(F)cc2)c2c(-c3ccccc3)nn(-c3ccc(F)cc3)c21)NCc1ccccn1. The zero-order chi connectivity index (χ0) is 29.1. The Bertz CT molecular complexity index is 1710. The molecular weight excluding hydrogens is 556 g/mol. The molecule has 3 heterocycles. The Morgan fingerprint density at radius 2 is 1.60 bits per heavy atom. The highest BCUT2D eigenvalue weighted by molar-refractivity contribution is 8.00. The van der Waals surface area contributed by atoms with Gasteiger partial charge < -0.3 is 5.32 Å². The number of rotatable bonds is 7. The minimum atomic E-state index is -0.415. The molecule has 1 atom stereocenters. The first-order valence-electron chi connectivity index (χ1n) is 13.3. The molecule has 42 heavy (non-hydrogen) atoms. The monoisotopic (exact) mass is 581 g/mol. The lowest BCUT2D eigenvalue weighted by atomic mass is 9.99. The van der Waals surface area contributed by atoms with Gasteiger partial charge in [-0.15, -0.1) is 11.8 Å². The summed E-state index contributed by atoms with van der Waals surface area (Å²) in [4.78, 5) is 32.7. The summed E-state index contributed by atoms with van der Waals surface area (Å²) in [5, 5.41) is 7.40. The van der Waals surface area contributed by atoms with Gasteiger partial charge in [0, 0.05) is 17.3 Å². The summed E-state index contributed by atoms with van der Waals surface area (Å²) in [5.74, 6) is -0.980. The summed E-state index contributed by atoms with van der Waals surface area (Å²) in [7, 11) is 0. The van der Waals surface area contributed by atoms with Gasteiger partial charge in [0.15, 0.2) is 0 Å². The highest BCUT2D eigenvalue weighted by Gasteiger charge is 2.37. The van der Waals surface area contributed by atoms with Crippen LogP contribution in [0.3, 0.4) is 0 Å². The molecule has 0 bridgehead atoms. The summed E-state index contributed by atoms with van der Waals surface area (Å²) in [6.45, 7) is -0.0650. The van der Waals surface area contributed by atoms with Gasteiger partial charge >= 0.3 is 0 Å². The minimum Gasteiger partial charge on any atom is -0.349 e. The molecule has 2 aromatic heterocycles. The maximum absolute atomic E-state index is 13.9. The second-order valence-electron chi connectivity index (χ2n) is 9.66. The Balaban J connectivity index is 1.51. The number of thioether (sulfide) groups is 1. The summed E-state index contributed by atoms with van der Waals surface area (Å²) >= 11 is 1.39. The van der Waals surface area contributed by atoms with Crippen molar-refractivity contribution >= 4 is 29.4 Å². The Hall–Kier alpha value is -4.83. The smallest absolute Gasteiger partial charge is 0.240 e. The first-order chi connectivity index (χ1) is 20.5. The van der Waals surface area contributed by atoms with Crippen LogP contribution in [0.4, 0.5) is 14.6 Å². The Labute approximate surface area is 245 Å². The third kappa shape index (κ3) is 5.66. The fourth-order valence-corrected chi connectivity index (χ4v) is 6.08. The van der Waals surface area contributed by atoms with E-state index in [9.17, 15) is 18.4 Å². The molecule has 1 N–H and O–H groups in total. The van der Waals surface area contributed by atoms with Crippen molar-refractivity contribution in [3.05, 3.63) is 132 Å². The van der Waals surface area contributed by atoms with E-state index < -0.39 is 11.1 Å². The van der Waals surface area contributed by atoms with Crippen molar-refractivity contribution in [3.63, 3.8) is 0 Å². The molecule has 7 nitrogen and oxygen atoms in total. The van der Waals surface area contributed by atoms with Crippen molar-refractivity contribution in [2.75, 3.05) is 17.2 Å². The molecule has 0 aliphatic carbocycles. The molecule has 5 aromatic rings. The van der Waals surface area contributed by atoms with E-state index >= 15 is 0 Å². The highest BCUT2D eigenvalue weighted by Crippen LogP contribution is 2.48. The molecule has 210 valence electrons. The Kier molecular flexibility index (Phi) is 7.78. The van der Waals surface area contributed by atoms with Crippen LogP contribution in [0.25, 0.3) is 16.9 Å². The van der Waals surface area contributed by atoms with Crippen LogP contribution in [-0.4, -0.2) is 38.9 Å². The molecule has 0 radical (unpaired) electrons. The number of hydrogen-bond donors (Lipinski definition) is 1. The molecule has 0 spiro atoms. The number of nitrogens with zero attached hydrogens (tertiary/aromatic N) is 4. The molecular formula is C32H25F2N5O2S. The number of halogens is 2. The van der Waals surface area contributed by atoms with E-state index in [1.807, 2.05) is 36.4 Å². The summed E-state index contributed by atoms with van der Waals surface area (Å²) < 4.78 is 29.5. The van der Waals surface area contributed by atoms with Gasteiger partial charge in [0.25, 0.3) is 0 Å². The zero-order valence-corrected chi connectivity index (χ0v) is 23.1. The van der Waals surface area contributed by atoms with E-state index in [-0.39, 0.29) is 36.5 Å². The largest absolute Gasteiger partial charge is 0.349 e. The lowest BCUT2D eigenvalue weighted by Crippen LogP contribution is -2.42. The van der Waals surface area contributed by atoms with Gasteiger partial charge in [-0.3, -0.25) is 19.5 Å². The number of carbonyl (C=O) groups excluding carboxylic acids is 2. The van der Waals surface area contributed by atoms with Gasteiger partial charge in [-0.2, -0.15) is 5.10 Å². The van der Waals surface area contributed by atoms with Crippen LogP contribution < -0.4 is 10.2 Å². The number of anilines is 1. The Morgan fingerprint density at radius 1 is 0.905 bits per heavy atom. The summed E-state index contributed by atoms with van der Waals surface area (Å²) in [6, 6.07) is 26.9. The predicted octanol–water partition coefficient (Wildman–Crippen LogP) is 5.70. The third-order valence-corrected chi connectivity index (χ3v) is 8.13. The summed E-state index contributed by atoms with van der Waals surface area (Å²) in [5.41, 5.74) is 4.09. The van der Waals surface area contributed by atoms with E-state index in [2.05, 4.69) is 10.3 Å². The number of amides is 2. The quantitative estimate of drug-likeness (QED) is 0.267. The standard InChI is InChI=1S/C32H25F2N5O2S/c33-23-11-9-22(10-12-23)31-29-30(21-6-2-1-3-7-21)37-39(26-15-13-24(34)14-16-26)32(29)38(28(41)20-42-31)19-27(40)36-18-25-8-4-5-17-35-25/h1-17,31H,18-20H2,(H,36,40)/t31-/m0/s1. The molecule has 0 saturated heterocycles. The first-order valence-corrected chi connectivity index (χ1v) is 14.3. The average molecular weight is 582 g/mol.